The van der Waals surface area contributed by atoms with Crippen molar-refractivity contribution in [3.8, 4) is 95.7 Å². The fourth-order valence-corrected chi connectivity index (χ4v) is 14.7. The van der Waals surface area contributed by atoms with E-state index in [0.717, 1.165) is 50.4 Å². The Morgan fingerprint density at radius 1 is 0.207 bits per heavy atom. The van der Waals surface area contributed by atoms with Crippen molar-refractivity contribution in [2.75, 3.05) is 0 Å². The van der Waals surface area contributed by atoms with Gasteiger partial charge in [0.15, 0.2) is 17.5 Å². The molecule has 0 N–H and O–H groups in total. The summed E-state index contributed by atoms with van der Waals surface area (Å²) in [6.07, 6.45) is 0. The van der Waals surface area contributed by atoms with Crippen LogP contribution in [-0.2, 0) is 0 Å². The number of benzene rings is 14. The van der Waals surface area contributed by atoms with Crippen LogP contribution < -0.4 is 0 Å². The molecular formula is C86H55N5S. The Balaban J connectivity index is 0.000000142. The standard InChI is InChI=1S/C45H29N3S.C41H26N2/c1-4-13-30(14-5-1)31-25-27-32(28-26-31)37-21-11-23-39-40-24-12-22-38(42(40)49-41(37)39)35-19-10-20-36(29-35)45-47-43(33-15-6-2-7-16-33)46-44(48-45)34-17-8-3-9-18-34;1-2-15-32-30(13-1)31-14-3-4-16-33(31)37-26-28(23-24-34(32)37)27-11-9-12-29(25-27)38-19-10-22-41(42-38)43-39-20-7-5-17-35(39)36-18-6-8-21-40(36)43/h1-29H;1-26H. The van der Waals surface area contributed by atoms with Crippen LogP contribution >= 0.6 is 11.3 Å². The third kappa shape index (κ3) is 9.83. The molecule has 0 aliphatic heterocycles. The SMILES string of the molecule is c1cc(-c2ccc3c4ccccc4c4ccccc4c3c2)cc(-c2cccc(-n3c4ccccc4c4ccccc43)n2)c1.c1ccc(-c2ccc(-c3cccc4c3sc3c(-c5cccc(-c6nc(-c7ccccc7)nc(-c7ccccc7)n6)c5)cccc34)cc2)cc1. The molecule has 0 atom stereocenters. The van der Waals surface area contributed by atoms with Crippen LogP contribution in [0.25, 0.3) is 170 Å². The minimum atomic E-state index is 0.652. The first-order valence-electron chi connectivity index (χ1n) is 31.1. The first-order valence-corrected chi connectivity index (χ1v) is 31.9. The molecule has 0 spiro atoms. The summed E-state index contributed by atoms with van der Waals surface area (Å²) >= 11 is 1.87. The molecule has 0 aliphatic rings. The van der Waals surface area contributed by atoms with Gasteiger partial charge in [0, 0.05) is 53.2 Å². The third-order valence-corrected chi connectivity index (χ3v) is 19.0. The van der Waals surface area contributed by atoms with Crippen molar-refractivity contribution in [2.45, 2.75) is 0 Å². The second-order valence-corrected chi connectivity index (χ2v) is 24.2. The van der Waals surface area contributed by atoms with Crippen molar-refractivity contribution in [1.82, 2.24) is 24.5 Å². The Labute approximate surface area is 536 Å². The Kier molecular flexibility index (Phi) is 13.7. The first-order chi connectivity index (χ1) is 45.6. The van der Waals surface area contributed by atoms with E-state index in [0.29, 0.717) is 17.5 Å². The highest BCUT2D eigenvalue weighted by atomic mass is 32.1. The van der Waals surface area contributed by atoms with E-state index >= 15 is 0 Å². The zero-order valence-corrected chi connectivity index (χ0v) is 50.7. The number of hydrogen-bond acceptors (Lipinski definition) is 5. The summed E-state index contributed by atoms with van der Waals surface area (Å²) in [5, 5.41) is 12.8. The number of thiophene rings is 1. The van der Waals surface area contributed by atoms with E-state index in [-0.39, 0.29) is 0 Å². The molecule has 0 unspecified atom stereocenters. The highest BCUT2D eigenvalue weighted by molar-refractivity contribution is 7.26. The van der Waals surface area contributed by atoms with Gasteiger partial charge in [0.2, 0.25) is 0 Å². The van der Waals surface area contributed by atoms with Gasteiger partial charge in [-0.3, -0.25) is 4.57 Å². The van der Waals surface area contributed by atoms with E-state index in [1.807, 2.05) is 72.0 Å². The normalized spacial score (nSPS) is 11.5. The summed E-state index contributed by atoms with van der Waals surface area (Å²) in [6.45, 7) is 0. The molecule has 0 saturated carbocycles. The van der Waals surface area contributed by atoms with Crippen LogP contribution in [0.5, 0.6) is 0 Å². The van der Waals surface area contributed by atoms with Crippen LogP contribution in [0.4, 0.5) is 0 Å². The predicted octanol–water partition coefficient (Wildman–Crippen LogP) is 23.2. The maximum absolute atomic E-state index is 5.21. The van der Waals surface area contributed by atoms with Gasteiger partial charge in [-0.15, -0.1) is 11.3 Å². The predicted molar refractivity (Wildman–Crippen MR) is 387 cm³/mol. The topological polar surface area (TPSA) is 56.5 Å². The van der Waals surface area contributed by atoms with E-state index in [1.165, 1.54) is 102 Å². The van der Waals surface area contributed by atoms with E-state index in [2.05, 4.69) is 278 Å². The van der Waals surface area contributed by atoms with Crippen LogP contribution in [0.1, 0.15) is 0 Å². The fraction of sp³-hybridized carbons (Fsp3) is 0. The summed E-state index contributed by atoms with van der Waals surface area (Å²) in [4.78, 5) is 20.1. The van der Waals surface area contributed by atoms with E-state index in [1.54, 1.807) is 0 Å². The highest BCUT2D eigenvalue weighted by Gasteiger charge is 2.19. The first kappa shape index (κ1) is 54.2. The quantitative estimate of drug-likeness (QED) is 0.135. The molecule has 14 aromatic carbocycles. The number of para-hydroxylation sites is 2. The number of rotatable bonds is 9. The lowest BCUT2D eigenvalue weighted by molar-refractivity contribution is 1.07. The van der Waals surface area contributed by atoms with Gasteiger partial charge in [0.1, 0.15) is 5.82 Å². The van der Waals surface area contributed by atoms with E-state index < -0.39 is 0 Å². The van der Waals surface area contributed by atoms with Crippen molar-refractivity contribution in [3.63, 3.8) is 0 Å². The minimum Gasteiger partial charge on any atom is -0.294 e. The fourth-order valence-electron chi connectivity index (χ4n) is 13.3. The van der Waals surface area contributed by atoms with E-state index in [9.17, 15) is 0 Å². The third-order valence-electron chi connectivity index (χ3n) is 17.7. The second kappa shape index (κ2) is 23.2. The van der Waals surface area contributed by atoms with Crippen molar-refractivity contribution < 1.29 is 0 Å². The molecule has 430 valence electrons. The zero-order valence-electron chi connectivity index (χ0n) is 49.9. The molecule has 0 amide bonds. The lowest BCUT2D eigenvalue weighted by atomic mass is 9.92. The van der Waals surface area contributed by atoms with Gasteiger partial charge in [0.05, 0.1) is 16.7 Å². The Morgan fingerprint density at radius 3 is 1.16 bits per heavy atom. The summed E-state index contributed by atoms with van der Waals surface area (Å²) in [5.74, 6) is 2.89. The molecule has 0 bridgehead atoms. The van der Waals surface area contributed by atoms with Crippen molar-refractivity contribution in [3.05, 3.63) is 334 Å². The zero-order chi connectivity index (χ0) is 60.9. The Bertz CT molecular complexity index is 5670. The maximum atomic E-state index is 5.21. The monoisotopic (exact) mass is 1190 g/mol. The maximum Gasteiger partial charge on any atom is 0.164 e. The van der Waals surface area contributed by atoms with Crippen molar-refractivity contribution in [1.29, 1.82) is 0 Å². The molecule has 0 radical (unpaired) electrons. The van der Waals surface area contributed by atoms with E-state index in [4.69, 9.17) is 19.9 Å². The summed E-state index contributed by atoms with van der Waals surface area (Å²) in [6, 6.07) is 118. The number of nitrogens with zero attached hydrogens (tertiary/aromatic N) is 5. The molecule has 0 aliphatic carbocycles. The van der Waals surface area contributed by atoms with Gasteiger partial charge in [-0.2, -0.15) is 0 Å². The van der Waals surface area contributed by atoms with Gasteiger partial charge in [-0.1, -0.05) is 291 Å². The van der Waals surface area contributed by atoms with Crippen LogP contribution in [-0.4, -0.2) is 24.5 Å². The number of fused-ring (bicyclic) bond motifs is 12. The molecule has 92 heavy (non-hydrogen) atoms. The molecular weight excluding hydrogens is 1140 g/mol. The lowest BCUT2D eigenvalue weighted by Crippen LogP contribution is -2.00. The molecule has 0 fully saturated rings. The van der Waals surface area contributed by atoms with Gasteiger partial charge < -0.3 is 0 Å². The summed E-state index contributed by atoms with van der Waals surface area (Å²) < 4.78 is 4.84. The molecule has 4 heterocycles. The molecule has 18 aromatic rings. The van der Waals surface area contributed by atoms with Crippen LogP contribution in [0.3, 0.4) is 0 Å². The van der Waals surface area contributed by atoms with Crippen LogP contribution in [0, 0.1) is 0 Å². The average molecular weight is 1190 g/mol. The van der Waals surface area contributed by atoms with Gasteiger partial charge in [-0.05, 0) is 119 Å². The average Bonchev–Trinajstić information content (AvgIpc) is 1.55. The molecule has 5 nitrogen and oxygen atoms in total. The highest BCUT2D eigenvalue weighted by Crippen LogP contribution is 2.45. The van der Waals surface area contributed by atoms with Gasteiger partial charge in [-0.25, -0.2) is 19.9 Å². The number of aromatic nitrogens is 5. The Hall–Kier alpha value is -12.0. The lowest BCUT2D eigenvalue weighted by Gasteiger charge is -2.13. The van der Waals surface area contributed by atoms with Crippen molar-refractivity contribution in [2.24, 2.45) is 0 Å². The summed E-state index contributed by atoms with van der Waals surface area (Å²) in [7, 11) is 0. The second-order valence-electron chi connectivity index (χ2n) is 23.2. The number of hydrogen-bond donors (Lipinski definition) is 0. The molecule has 0 saturated heterocycles. The Morgan fingerprint density at radius 2 is 0.576 bits per heavy atom. The minimum absolute atomic E-state index is 0.652. The molecule has 4 aromatic heterocycles. The number of pyridine rings is 1. The summed E-state index contributed by atoms with van der Waals surface area (Å²) in [5.41, 5.74) is 16.9. The largest absolute Gasteiger partial charge is 0.294 e. The van der Waals surface area contributed by atoms with Gasteiger partial charge >= 0.3 is 0 Å². The van der Waals surface area contributed by atoms with Crippen LogP contribution in [0.15, 0.2) is 334 Å². The van der Waals surface area contributed by atoms with Gasteiger partial charge in [0.25, 0.3) is 0 Å². The van der Waals surface area contributed by atoms with Crippen LogP contribution in [0.2, 0.25) is 0 Å². The molecule has 18 rings (SSSR count). The molecule has 6 heteroatoms. The smallest absolute Gasteiger partial charge is 0.164 e. The van der Waals surface area contributed by atoms with Crippen molar-refractivity contribution >= 4 is 85.6 Å².